The van der Waals surface area contributed by atoms with E-state index in [1.807, 2.05) is 24.3 Å². The molecule has 112 valence electrons. The SMILES string of the molecule is COCC(O)CCNC(=O)c1cc2ccccc2c(Cl)n1. The maximum absolute atomic E-state index is 12.0. The average molecular weight is 309 g/mol. The molecule has 1 atom stereocenters. The van der Waals surface area contributed by atoms with Gasteiger partial charge in [-0.15, -0.1) is 0 Å². The number of aliphatic hydroxyl groups is 1. The number of nitrogens with zero attached hydrogens (tertiary/aromatic N) is 1. The van der Waals surface area contributed by atoms with Crippen LogP contribution in [0.25, 0.3) is 10.8 Å². The van der Waals surface area contributed by atoms with E-state index in [-0.39, 0.29) is 18.2 Å². The lowest BCUT2D eigenvalue weighted by molar-refractivity contribution is 0.0587. The van der Waals surface area contributed by atoms with Crippen molar-refractivity contribution >= 4 is 28.3 Å². The van der Waals surface area contributed by atoms with Crippen LogP contribution in [0, 0.1) is 0 Å². The predicted molar refractivity (Wildman–Crippen MR) is 81.6 cm³/mol. The highest BCUT2D eigenvalue weighted by Crippen LogP contribution is 2.22. The maximum atomic E-state index is 12.0. The average Bonchev–Trinajstić information content (AvgIpc) is 2.47. The number of rotatable bonds is 6. The summed E-state index contributed by atoms with van der Waals surface area (Å²) < 4.78 is 4.82. The standard InChI is InChI=1S/C15H17ClN2O3/c1-21-9-11(19)6-7-17-15(20)13-8-10-4-2-3-5-12(10)14(16)18-13/h2-5,8,11,19H,6-7,9H2,1H3,(H,17,20). The Morgan fingerprint density at radius 1 is 1.48 bits per heavy atom. The number of pyridine rings is 1. The van der Waals surface area contributed by atoms with E-state index in [2.05, 4.69) is 10.3 Å². The lowest BCUT2D eigenvalue weighted by Crippen LogP contribution is -2.29. The molecule has 2 N–H and O–H groups in total. The number of carbonyl (C=O) groups excluding carboxylic acids is 1. The molecular formula is C15H17ClN2O3. The van der Waals surface area contributed by atoms with Crippen molar-refractivity contribution in [3.05, 3.63) is 41.2 Å². The fraction of sp³-hybridized carbons (Fsp3) is 0.333. The third-order valence-electron chi connectivity index (χ3n) is 3.05. The number of carbonyl (C=O) groups is 1. The summed E-state index contributed by atoms with van der Waals surface area (Å²) >= 11 is 6.08. The Kier molecular flexibility index (Phi) is 5.50. The number of aliphatic hydroxyl groups excluding tert-OH is 1. The van der Waals surface area contributed by atoms with Crippen molar-refractivity contribution in [1.82, 2.24) is 10.3 Å². The Hall–Kier alpha value is -1.69. The fourth-order valence-electron chi connectivity index (χ4n) is 1.99. The topological polar surface area (TPSA) is 71.5 Å². The molecule has 21 heavy (non-hydrogen) atoms. The van der Waals surface area contributed by atoms with Gasteiger partial charge in [-0.3, -0.25) is 4.79 Å². The molecule has 0 spiro atoms. The first-order chi connectivity index (χ1) is 10.1. The van der Waals surface area contributed by atoms with E-state index in [0.29, 0.717) is 18.1 Å². The summed E-state index contributed by atoms with van der Waals surface area (Å²) in [6.07, 6.45) is -0.176. The first kappa shape index (κ1) is 15.7. The number of benzene rings is 1. The van der Waals surface area contributed by atoms with Crippen molar-refractivity contribution in [2.24, 2.45) is 0 Å². The first-order valence-corrected chi connectivity index (χ1v) is 7.00. The van der Waals surface area contributed by atoms with Gasteiger partial charge in [0.05, 0.1) is 12.7 Å². The van der Waals surface area contributed by atoms with Gasteiger partial charge < -0.3 is 15.2 Å². The molecule has 1 aromatic carbocycles. The third kappa shape index (κ3) is 4.14. The number of nitrogens with one attached hydrogen (secondary N) is 1. The lowest BCUT2D eigenvalue weighted by Gasteiger charge is -2.10. The van der Waals surface area contributed by atoms with Crippen molar-refractivity contribution in [3.63, 3.8) is 0 Å². The summed E-state index contributed by atoms with van der Waals surface area (Å²) in [7, 11) is 1.52. The predicted octanol–water partition coefficient (Wildman–Crippen LogP) is 2.02. The molecule has 0 aliphatic rings. The van der Waals surface area contributed by atoms with E-state index >= 15 is 0 Å². The number of hydrogen-bond acceptors (Lipinski definition) is 4. The van der Waals surface area contributed by atoms with Crippen molar-refractivity contribution in [1.29, 1.82) is 0 Å². The highest BCUT2D eigenvalue weighted by Gasteiger charge is 2.11. The molecule has 1 heterocycles. The Labute approximate surface area is 127 Å². The monoisotopic (exact) mass is 308 g/mol. The minimum atomic E-state index is -0.594. The maximum Gasteiger partial charge on any atom is 0.269 e. The molecule has 0 fully saturated rings. The zero-order valence-corrected chi connectivity index (χ0v) is 12.4. The Morgan fingerprint density at radius 2 is 2.24 bits per heavy atom. The molecule has 1 aromatic heterocycles. The Morgan fingerprint density at radius 3 is 3.00 bits per heavy atom. The normalized spacial score (nSPS) is 12.3. The molecule has 2 rings (SSSR count). The highest BCUT2D eigenvalue weighted by molar-refractivity contribution is 6.34. The molecule has 1 amide bonds. The van der Waals surface area contributed by atoms with Gasteiger partial charge in [-0.05, 0) is 17.9 Å². The molecule has 0 saturated carbocycles. The molecule has 6 heteroatoms. The van der Waals surface area contributed by atoms with Crippen LogP contribution in [-0.4, -0.2) is 42.4 Å². The second kappa shape index (κ2) is 7.36. The van der Waals surface area contributed by atoms with Gasteiger partial charge in [0.1, 0.15) is 10.8 Å². The van der Waals surface area contributed by atoms with Crippen LogP contribution in [0.4, 0.5) is 0 Å². The number of amides is 1. The lowest BCUT2D eigenvalue weighted by atomic mass is 10.1. The fourth-order valence-corrected chi connectivity index (χ4v) is 2.25. The number of halogens is 1. The van der Waals surface area contributed by atoms with Gasteiger partial charge in [-0.1, -0.05) is 35.9 Å². The molecule has 0 saturated heterocycles. The van der Waals surface area contributed by atoms with Crippen molar-refractivity contribution in [2.75, 3.05) is 20.3 Å². The first-order valence-electron chi connectivity index (χ1n) is 6.62. The van der Waals surface area contributed by atoms with Crippen LogP contribution >= 0.6 is 11.6 Å². The molecule has 0 aliphatic carbocycles. The summed E-state index contributed by atoms with van der Waals surface area (Å²) in [5.41, 5.74) is 0.264. The Balaban J connectivity index is 2.03. The van der Waals surface area contributed by atoms with E-state index in [1.54, 1.807) is 6.07 Å². The van der Waals surface area contributed by atoms with E-state index in [4.69, 9.17) is 16.3 Å². The van der Waals surface area contributed by atoms with E-state index in [0.717, 1.165) is 10.8 Å². The quantitative estimate of drug-likeness (QED) is 0.801. The van der Waals surface area contributed by atoms with Gasteiger partial charge in [0.2, 0.25) is 0 Å². The molecule has 0 aliphatic heterocycles. The van der Waals surface area contributed by atoms with Crippen molar-refractivity contribution in [2.45, 2.75) is 12.5 Å². The van der Waals surface area contributed by atoms with Crippen LogP contribution < -0.4 is 5.32 Å². The molecule has 5 nitrogen and oxygen atoms in total. The Bertz CT molecular complexity index is 633. The summed E-state index contributed by atoms with van der Waals surface area (Å²) in [4.78, 5) is 16.1. The number of ether oxygens (including phenoxy) is 1. The van der Waals surface area contributed by atoms with Crippen LogP contribution in [0.5, 0.6) is 0 Å². The summed E-state index contributed by atoms with van der Waals surface area (Å²) in [6.45, 7) is 0.589. The number of aromatic nitrogens is 1. The summed E-state index contributed by atoms with van der Waals surface area (Å²) in [5.74, 6) is -0.313. The smallest absolute Gasteiger partial charge is 0.269 e. The highest BCUT2D eigenvalue weighted by atomic mass is 35.5. The van der Waals surface area contributed by atoms with Gasteiger partial charge >= 0.3 is 0 Å². The number of hydrogen-bond donors (Lipinski definition) is 2. The minimum Gasteiger partial charge on any atom is -0.391 e. The van der Waals surface area contributed by atoms with Gasteiger partial charge in [-0.25, -0.2) is 4.98 Å². The molecule has 1 unspecified atom stereocenters. The van der Waals surface area contributed by atoms with Gasteiger partial charge in [0.15, 0.2) is 0 Å². The molecule has 0 radical (unpaired) electrons. The minimum absolute atomic E-state index is 0.246. The van der Waals surface area contributed by atoms with Crippen LogP contribution in [0.3, 0.4) is 0 Å². The largest absolute Gasteiger partial charge is 0.391 e. The van der Waals surface area contributed by atoms with E-state index in [1.165, 1.54) is 7.11 Å². The number of methoxy groups -OCH3 is 1. The van der Waals surface area contributed by atoms with Gasteiger partial charge in [-0.2, -0.15) is 0 Å². The van der Waals surface area contributed by atoms with Crippen LogP contribution in [0.1, 0.15) is 16.9 Å². The van der Waals surface area contributed by atoms with Gasteiger partial charge in [0.25, 0.3) is 5.91 Å². The summed E-state index contributed by atoms with van der Waals surface area (Å²) in [5, 5.41) is 14.2. The summed E-state index contributed by atoms with van der Waals surface area (Å²) in [6, 6.07) is 9.17. The molecular weight excluding hydrogens is 292 g/mol. The zero-order valence-electron chi connectivity index (χ0n) is 11.7. The second-order valence-electron chi connectivity index (χ2n) is 4.67. The van der Waals surface area contributed by atoms with Gasteiger partial charge in [0, 0.05) is 19.0 Å². The van der Waals surface area contributed by atoms with E-state index in [9.17, 15) is 9.90 Å². The van der Waals surface area contributed by atoms with Crippen molar-refractivity contribution < 1.29 is 14.6 Å². The zero-order chi connectivity index (χ0) is 15.2. The number of fused-ring (bicyclic) bond motifs is 1. The van der Waals surface area contributed by atoms with Crippen LogP contribution in [0.2, 0.25) is 5.15 Å². The van der Waals surface area contributed by atoms with Crippen LogP contribution in [-0.2, 0) is 4.74 Å². The molecule has 2 aromatic rings. The third-order valence-corrected chi connectivity index (χ3v) is 3.34. The van der Waals surface area contributed by atoms with Crippen LogP contribution in [0.15, 0.2) is 30.3 Å². The molecule has 0 bridgehead atoms. The van der Waals surface area contributed by atoms with E-state index < -0.39 is 6.10 Å². The second-order valence-corrected chi connectivity index (χ2v) is 5.03. The van der Waals surface area contributed by atoms with Crippen molar-refractivity contribution in [3.8, 4) is 0 Å².